The highest BCUT2D eigenvalue weighted by Crippen LogP contribution is 2.35. The first-order valence-corrected chi connectivity index (χ1v) is 4.47. The molecule has 1 aromatic carbocycles. The lowest BCUT2D eigenvalue weighted by Crippen LogP contribution is -1.95. The maximum Gasteiger partial charge on any atom is 0.252 e. The molecule has 0 N–H and O–H groups in total. The van der Waals surface area contributed by atoms with Crippen LogP contribution in [0.1, 0.15) is 10.4 Å². The smallest absolute Gasteiger partial charge is 0.252 e. The second-order valence-corrected chi connectivity index (χ2v) is 3.19. The largest absolute Gasteiger partial charge is 0.495 e. The number of ether oxygens (including phenoxy) is 2. The van der Waals surface area contributed by atoms with Gasteiger partial charge in [-0.15, -0.1) is 0 Å². The minimum atomic E-state index is -0.585. The van der Waals surface area contributed by atoms with Crippen LogP contribution in [0.5, 0.6) is 11.5 Å². The second kappa shape index (κ2) is 4.53. The molecule has 76 valence electrons. The van der Waals surface area contributed by atoms with Gasteiger partial charge in [0.15, 0.2) is 0 Å². The Hall–Kier alpha value is -0.930. The normalized spacial score (nSPS) is 9.71. The zero-order chi connectivity index (χ0) is 10.7. The van der Waals surface area contributed by atoms with Crippen molar-refractivity contribution in [2.75, 3.05) is 14.2 Å². The summed E-state index contributed by atoms with van der Waals surface area (Å²) in [4.78, 5) is 10.9. The standard InChI is InChI=1S/C9H8Cl2O3/c1-13-6-3-5(9(11)12)4-7(14-2)8(6)10/h3-4H,1-2H3. The molecule has 0 spiro atoms. The number of carbonyl (C=O) groups excluding carboxylic acids is 1. The maximum absolute atomic E-state index is 10.9. The molecule has 0 fully saturated rings. The average molecular weight is 235 g/mol. The van der Waals surface area contributed by atoms with Crippen LogP contribution in [0.4, 0.5) is 0 Å². The molecule has 0 saturated carbocycles. The van der Waals surface area contributed by atoms with Gasteiger partial charge in [0.2, 0.25) is 0 Å². The van der Waals surface area contributed by atoms with Gasteiger partial charge in [-0.3, -0.25) is 4.79 Å². The molecule has 0 saturated heterocycles. The molecule has 0 unspecified atom stereocenters. The summed E-state index contributed by atoms with van der Waals surface area (Å²) in [5.74, 6) is 0.713. The molecule has 0 radical (unpaired) electrons. The summed E-state index contributed by atoms with van der Waals surface area (Å²) < 4.78 is 9.91. The summed E-state index contributed by atoms with van der Waals surface area (Å²) in [6, 6.07) is 2.92. The molecule has 0 bridgehead atoms. The van der Waals surface area contributed by atoms with Crippen molar-refractivity contribution in [3.05, 3.63) is 22.7 Å². The van der Waals surface area contributed by atoms with E-state index in [-0.39, 0.29) is 5.56 Å². The Morgan fingerprint density at radius 1 is 1.21 bits per heavy atom. The van der Waals surface area contributed by atoms with Crippen LogP contribution < -0.4 is 9.47 Å². The summed E-state index contributed by atoms with van der Waals surface area (Å²) in [5, 5.41) is -0.269. The summed E-state index contributed by atoms with van der Waals surface area (Å²) in [7, 11) is 2.90. The van der Waals surface area contributed by atoms with E-state index in [0.29, 0.717) is 16.5 Å². The van der Waals surface area contributed by atoms with Crippen molar-refractivity contribution in [1.82, 2.24) is 0 Å². The molecule has 0 atom stereocenters. The lowest BCUT2D eigenvalue weighted by molar-refractivity contribution is 0.108. The molecular weight excluding hydrogens is 227 g/mol. The molecule has 0 amide bonds. The third kappa shape index (κ3) is 2.11. The van der Waals surface area contributed by atoms with Gasteiger partial charge in [0.05, 0.1) is 14.2 Å². The first-order chi connectivity index (χ1) is 6.60. The van der Waals surface area contributed by atoms with Gasteiger partial charge in [0, 0.05) is 5.56 Å². The van der Waals surface area contributed by atoms with Crippen molar-refractivity contribution in [2.45, 2.75) is 0 Å². The highest BCUT2D eigenvalue weighted by molar-refractivity contribution is 6.67. The molecule has 14 heavy (non-hydrogen) atoms. The highest BCUT2D eigenvalue weighted by atomic mass is 35.5. The number of hydrogen-bond donors (Lipinski definition) is 0. The number of benzene rings is 1. The summed E-state index contributed by atoms with van der Waals surface area (Å²) in [5.41, 5.74) is 0.282. The predicted molar refractivity (Wildman–Crippen MR) is 54.7 cm³/mol. The molecule has 5 heteroatoms. The van der Waals surface area contributed by atoms with Gasteiger partial charge < -0.3 is 9.47 Å². The Bertz CT molecular complexity index is 338. The van der Waals surface area contributed by atoms with E-state index in [2.05, 4.69) is 0 Å². The quantitative estimate of drug-likeness (QED) is 0.755. The number of methoxy groups -OCH3 is 2. The van der Waals surface area contributed by atoms with Gasteiger partial charge in [-0.1, -0.05) is 11.6 Å². The number of rotatable bonds is 3. The zero-order valence-corrected chi connectivity index (χ0v) is 9.15. The van der Waals surface area contributed by atoms with Crippen molar-refractivity contribution < 1.29 is 14.3 Å². The fourth-order valence-electron chi connectivity index (χ4n) is 0.983. The van der Waals surface area contributed by atoms with Crippen molar-refractivity contribution in [3.63, 3.8) is 0 Å². The molecule has 0 heterocycles. The summed E-state index contributed by atoms with van der Waals surface area (Å²) in [6.45, 7) is 0. The third-order valence-corrected chi connectivity index (χ3v) is 2.26. The Balaban J connectivity index is 3.32. The topological polar surface area (TPSA) is 35.5 Å². The third-order valence-electron chi connectivity index (χ3n) is 1.67. The minimum Gasteiger partial charge on any atom is -0.495 e. The minimum absolute atomic E-state index is 0.282. The van der Waals surface area contributed by atoms with Crippen LogP contribution >= 0.6 is 23.2 Å². The van der Waals surface area contributed by atoms with Gasteiger partial charge in [0.25, 0.3) is 5.24 Å². The SMILES string of the molecule is COc1cc(C(=O)Cl)cc(OC)c1Cl. The zero-order valence-electron chi connectivity index (χ0n) is 7.64. The van der Waals surface area contributed by atoms with Crippen molar-refractivity contribution in [1.29, 1.82) is 0 Å². The van der Waals surface area contributed by atoms with Crippen molar-refractivity contribution >= 4 is 28.4 Å². The number of hydrogen-bond acceptors (Lipinski definition) is 3. The molecule has 0 aliphatic carbocycles. The molecule has 0 aromatic heterocycles. The molecular formula is C9H8Cl2O3. The van der Waals surface area contributed by atoms with Gasteiger partial charge in [-0.05, 0) is 23.7 Å². The first kappa shape index (κ1) is 11.1. The lowest BCUT2D eigenvalue weighted by Gasteiger charge is -2.08. The Morgan fingerprint density at radius 2 is 1.64 bits per heavy atom. The van der Waals surface area contributed by atoms with Crippen molar-refractivity contribution in [3.8, 4) is 11.5 Å². The van der Waals surface area contributed by atoms with Crippen LogP contribution in [-0.2, 0) is 0 Å². The van der Waals surface area contributed by atoms with Crippen LogP contribution in [-0.4, -0.2) is 19.5 Å². The molecule has 0 aliphatic heterocycles. The molecule has 1 aromatic rings. The monoisotopic (exact) mass is 234 g/mol. The first-order valence-electron chi connectivity index (χ1n) is 3.71. The van der Waals surface area contributed by atoms with Gasteiger partial charge in [0.1, 0.15) is 16.5 Å². The maximum atomic E-state index is 10.9. The molecule has 3 nitrogen and oxygen atoms in total. The van der Waals surface area contributed by atoms with E-state index in [1.807, 2.05) is 0 Å². The number of halogens is 2. The summed E-state index contributed by atoms with van der Waals surface area (Å²) in [6.07, 6.45) is 0. The van der Waals surface area contributed by atoms with Crippen LogP contribution in [0.2, 0.25) is 5.02 Å². The Morgan fingerprint density at radius 3 is 1.93 bits per heavy atom. The van der Waals surface area contributed by atoms with E-state index < -0.39 is 5.24 Å². The second-order valence-electron chi connectivity index (χ2n) is 2.47. The predicted octanol–water partition coefficient (Wildman–Crippen LogP) is 2.74. The van der Waals surface area contributed by atoms with Gasteiger partial charge >= 0.3 is 0 Å². The van der Waals surface area contributed by atoms with Crippen LogP contribution in [0.25, 0.3) is 0 Å². The van der Waals surface area contributed by atoms with Gasteiger partial charge in [-0.2, -0.15) is 0 Å². The molecule has 0 aliphatic rings. The summed E-state index contributed by atoms with van der Waals surface area (Å²) >= 11 is 11.2. The Labute approximate surface area is 91.5 Å². The van der Waals surface area contributed by atoms with E-state index in [4.69, 9.17) is 32.7 Å². The van der Waals surface area contributed by atoms with Crippen LogP contribution in [0.3, 0.4) is 0 Å². The highest BCUT2D eigenvalue weighted by Gasteiger charge is 2.13. The fourth-order valence-corrected chi connectivity index (χ4v) is 1.36. The number of carbonyl (C=O) groups is 1. The van der Waals surface area contributed by atoms with Crippen LogP contribution in [0, 0.1) is 0 Å². The fraction of sp³-hybridized carbons (Fsp3) is 0.222. The van der Waals surface area contributed by atoms with E-state index in [0.717, 1.165) is 0 Å². The molecule has 1 rings (SSSR count). The van der Waals surface area contributed by atoms with Crippen molar-refractivity contribution in [2.24, 2.45) is 0 Å². The van der Waals surface area contributed by atoms with E-state index in [1.165, 1.54) is 26.4 Å². The van der Waals surface area contributed by atoms with E-state index in [1.54, 1.807) is 0 Å². The van der Waals surface area contributed by atoms with E-state index >= 15 is 0 Å². The van der Waals surface area contributed by atoms with E-state index in [9.17, 15) is 4.79 Å². The van der Waals surface area contributed by atoms with Gasteiger partial charge in [-0.25, -0.2) is 0 Å². The van der Waals surface area contributed by atoms with Crippen LogP contribution in [0.15, 0.2) is 12.1 Å². The lowest BCUT2D eigenvalue weighted by atomic mass is 10.2. The average Bonchev–Trinajstić information content (AvgIpc) is 2.17. The Kier molecular flexibility index (Phi) is 3.61.